The van der Waals surface area contributed by atoms with E-state index >= 15 is 0 Å². The summed E-state index contributed by atoms with van der Waals surface area (Å²) in [4.78, 5) is 0. The predicted molar refractivity (Wildman–Crippen MR) is 34.7 cm³/mol. The maximum Gasteiger partial charge on any atom is -0.0386 e. The second kappa shape index (κ2) is 1.75. The molecule has 2 aliphatic rings. The average Bonchev–Trinajstić information content (AvgIpc) is 1.72. The maximum absolute atomic E-state index is 1.56. The Hall–Kier alpha value is 0. The van der Waals surface area contributed by atoms with Crippen LogP contribution in [0.15, 0.2) is 0 Å². The van der Waals surface area contributed by atoms with Crippen LogP contribution in [-0.2, 0) is 0 Å². The normalized spacial score (nSPS) is 45.0. The van der Waals surface area contributed by atoms with Gasteiger partial charge in [0.15, 0.2) is 0 Å². The van der Waals surface area contributed by atoms with Crippen LogP contribution in [0.3, 0.4) is 0 Å². The maximum atomic E-state index is 1.56. The SMILES string of the molecule is C1CC[C@@H]2CC[C@H]2C1. The fraction of sp³-hybridized carbons (Fsp3) is 1.00. The van der Waals surface area contributed by atoms with Crippen molar-refractivity contribution in [3.8, 4) is 0 Å². The summed E-state index contributed by atoms with van der Waals surface area (Å²) in [5.41, 5.74) is 0. The molecule has 0 unspecified atom stereocenters. The first-order valence-electron chi connectivity index (χ1n) is 3.97. The summed E-state index contributed by atoms with van der Waals surface area (Å²) in [6.45, 7) is 0. The second-order valence-corrected chi connectivity index (χ2v) is 3.38. The van der Waals surface area contributed by atoms with E-state index in [9.17, 15) is 0 Å². The highest BCUT2D eigenvalue weighted by Gasteiger charge is 2.31. The lowest BCUT2D eigenvalue weighted by Crippen LogP contribution is -2.28. The minimum absolute atomic E-state index is 1.18. The molecule has 46 valence electrons. The van der Waals surface area contributed by atoms with Crippen LogP contribution >= 0.6 is 0 Å². The monoisotopic (exact) mass is 110 g/mol. The summed E-state index contributed by atoms with van der Waals surface area (Å²) in [5.74, 6) is 2.37. The standard InChI is InChI=1S/C8H14/c1-2-4-8-6-5-7(8)3-1/h7-8H,1-6H2/t7-,8-/m1/s1. The van der Waals surface area contributed by atoms with E-state index in [2.05, 4.69) is 0 Å². The van der Waals surface area contributed by atoms with Crippen molar-refractivity contribution in [3.05, 3.63) is 0 Å². The van der Waals surface area contributed by atoms with E-state index in [0.717, 1.165) is 0 Å². The molecule has 0 aromatic heterocycles. The third kappa shape index (κ3) is 0.586. The van der Waals surface area contributed by atoms with Crippen molar-refractivity contribution in [2.24, 2.45) is 11.8 Å². The van der Waals surface area contributed by atoms with E-state index < -0.39 is 0 Å². The molecular weight excluding hydrogens is 96.1 g/mol. The first-order chi connectivity index (χ1) is 3.97. The summed E-state index contributed by atoms with van der Waals surface area (Å²) in [7, 11) is 0. The Bertz CT molecular complexity index is 74.0. The highest BCUT2D eigenvalue weighted by molar-refractivity contribution is 4.83. The molecule has 0 heterocycles. The van der Waals surface area contributed by atoms with Gasteiger partial charge in [0.1, 0.15) is 0 Å². The minimum atomic E-state index is 1.18. The van der Waals surface area contributed by atoms with Gasteiger partial charge in [0.2, 0.25) is 0 Å². The molecule has 2 rings (SSSR count). The largest absolute Gasteiger partial charge is 0.0530 e. The zero-order valence-corrected chi connectivity index (χ0v) is 5.40. The fourth-order valence-electron chi connectivity index (χ4n) is 2.21. The lowest BCUT2D eigenvalue weighted by atomic mass is 9.66. The molecule has 0 aliphatic heterocycles. The first kappa shape index (κ1) is 4.84. The Morgan fingerprint density at radius 1 is 0.625 bits per heavy atom. The summed E-state index contributed by atoms with van der Waals surface area (Å²) in [6.07, 6.45) is 9.30. The molecule has 0 spiro atoms. The zero-order valence-electron chi connectivity index (χ0n) is 5.40. The van der Waals surface area contributed by atoms with Crippen LogP contribution in [0.2, 0.25) is 0 Å². The molecule has 2 atom stereocenters. The highest BCUT2D eigenvalue weighted by atomic mass is 14.4. The van der Waals surface area contributed by atoms with E-state index in [1.54, 1.807) is 25.7 Å². The van der Waals surface area contributed by atoms with Crippen LogP contribution in [0.1, 0.15) is 38.5 Å². The molecule has 0 bridgehead atoms. The summed E-state index contributed by atoms with van der Waals surface area (Å²) < 4.78 is 0. The van der Waals surface area contributed by atoms with Gasteiger partial charge in [0.25, 0.3) is 0 Å². The number of hydrogen-bond donors (Lipinski definition) is 0. The zero-order chi connectivity index (χ0) is 5.40. The van der Waals surface area contributed by atoms with Crippen LogP contribution in [-0.4, -0.2) is 0 Å². The average molecular weight is 110 g/mol. The topological polar surface area (TPSA) is 0 Å². The molecule has 2 aliphatic carbocycles. The molecule has 0 N–H and O–H groups in total. The van der Waals surface area contributed by atoms with Crippen molar-refractivity contribution in [1.29, 1.82) is 0 Å². The molecule has 0 saturated heterocycles. The van der Waals surface area contributed by atoms with Crippen molar-refractivity contribution in [2.75, 3.05) is 0 Å². The summed E-state index contributed by atoms with van der Waals surface area (Å²) in [5, 5.41) is 0. The van der Waals surface area contributed by atoms with Crippen LogP contribution in [0.5, 0.6) is 0 Å². The van der Waals surface area contributed by atoms with Gasteiger partial charge < -0.3 is 0 Å². The van der Waals surface area contributed by atoms with Crippen molar-refractivity contribution < 1.29 is 0 Å². The lowest BCUT2D eigenvalue weighted by Gasteiger charge is -2.40. The van der Waals surface area contributed by atoms with Gasteiger partial charge in [-0.25, -0.2) is 0 Å². The smallest absolute Gasteiger partial charge is 0.0386 e. The molecule has 0 radical (unpaired) electrons. The summed E-state index contributed by atoms with van der Waals surface area (Å²) in [6, 6.07) is 0. The number of rotatable bonds is 0. The first-order valence-corrected chi connectivity index (χ1v) is 3.97. The Kier molecular flexibility index (Phi) is 1.06. The van der Waals surface area contributed by atoms with Crippen LogP contribution in [0.25, 0.3) is 0 Å². The van der Waals surface area contributed by atoms with Crippen LogP contribution in [0.4, 0.5) is 0 Å². The van der Waals surface area contributed by atoms with E-state index in [4.69, 9.17) is 0 Å². The minimum Gasteiger partial charge on any atom is -0.0530 e. The van der Waals surface area contributed by atoms with Gasteiger partial charge in [-0.2, -0.15) is 0 Å². The van der Waals surface area contributed by atoms with Gasteiger partial charge >= 0.3 is 0 Å². The van der Waals surface area contributed by atoms with E-state index in [-0.39, 0.29) is 0 Å². The second-order valence-electron chi connectivity index (χ2n) is 3.38. The van der Waals surface area contributed by atoms with Gasteiger partial charge in [-0.05, 0) is 24.7 Å². The van der Waals surface area contributed by atoms with Crippen molar-refractivity contribution in [3.63, 3.8) is 0 Å². The Labute approximate surface area is 51.3 Å². The molecule has 0 heteroatoms. The number of hydrogen-bond acceptors (Lipinski definition) is 0. The van der Waals surface area contributed by atoms with Crippen LogP contribution < -0.4 is 0 Å². The lowest BCUT2D eigenvalue weighted by molar-refractivity contribution is 0.115. The molecule has 2 saturated carbocycles. The summed E-state index contributed by atoms with van der Waals surface area (Å²) >= 11 is 0. The van der Waals surface area contributed by atoms with Crippen molar-refractivity contribution in [1.82, 2.24) is 0 Å². The third-order valence-corrected chi connectivity index (χ3v) is 2.97. The van der Waals surface area contributed by atoms with Gasteiger partial charge in [-0.3, -0.25) is 0 Å². The van der Waals surface area contributed by atoms with Gasteiger partial charge in [0.05, 0.1) is 0 Å². The highest BCUT2D eigenvalue weighted by Crippen LogP contribution is 2.44. The van der Waals surface area contributed by atoms with E-state index in [1.165, 1.54) is 24.7 Å². The fourth-order valence-corrected chi connectivity index (χ4v) is 2.21. The quantitative estimate of drug-likeness (QED) is 0.449. The number of fused-ring (bicyclic) bond motifs is 1. The third-order valence-electron chi connectivity index (χ3n) is 2.97. The molecule has 2 fully saturated rings. The molecule has 8 heavy (non-hydrogen) atoms. The molecular formula is C8H14. The van der Waals surface area contributed by atoms with Crippen LogP contribution in [0, 0.1) is 11.8 Å². The molecule has 0 aromatic carbocycles. The molecule has 0 amide bonds. The van der Waals surface area contributed by atoms with Crippen molar-refractivity contribution in [2.45, 2.75) is 38.5 Å². The molecule has 0 nitrogen and oxygen atoms in total. The van der Waals surface area contributed by atoms with Gasteiger partial charge in [0, 0.05) is 0 Å². The Morgan fingerprint density at radius 2 is 1.12 bits per heavy atom. The Balaban J connectivity index is 1.92. The van der Waals surface area contributed by atoms with Gasteiger partial charge in [-0.15, -0.1) is 0 Å². The Morgan fingerprint density at radius 3 is 1.38 bits per heavy atom. The van der Waals surface area contributed by atoms with E-state index in [1.807, 2.05) is 0 Å². The van der Waals surface area contributed by atoms with Gasteiger partial charge in [-0.1, -0.05) is 25.7 Å². The predicted octanol–water partition coefficient (Wildman–Crippen LogP) is 2.59. The van der Waals surface area contributed by atoms with E-state index in [0.29, 0.717) is 0 Å². The van der Waals surface area contributed by atoms with Crippen molar-refractivity contribution >= 4 is 0 Å². The molecule has 0 aromatic rings.